The van der Waals surface area contributed by atoms with E-state index in [1.807, 2.05) is 20.8 Å². The Bertz CT molecular complexity index is 886. The summed E-state index contributed by atoms with van der Waals surface area (Å²) < 4.78 is 27.7. The van der Waals surface area contributed by atoms with Crippen molar-refractivity contribution in [1.82, 2.24) is 5.32 Å². The zero-order valence-electron chi connectivity index (χ0n) is 15.6. The van der Waals surface area contributed by atoms with Gasteiger partial charge in [0.2, 0.25) is 0 Å². The largest absolute Gasteiger partial charge is 0.347 e. The third kappa shape index (κ3) is 4.15. The zero-order chi connectivity index (χ0) is 19.8. The van der Waals surface area contributed by atoms with Crippen molar-refractivity contribution in [2.24, 2.45) is 0 Å². The van der Waals surface area contributed by atoms with Gasteiger partial charge in [0.05, 0.1) is 5.69 Å². The van der Waals surface area contributed by atoms with Crippen LogP contribution in [0.3, 0.4) is 0 Å². The fourth-order valence-corrected chi connectivity index (χ4v) is 3.16. The minimum atomic E-state index is -0.708. The van der Waals surface area contributed by atoms with E-state index < -0.39 is 11.6 Å². The van der Waals surface area contributed by atoms with Crippen LogP contribution in [0.1, 0.15) is 53.5 Å². The van der Waals surface area contributed by atoms with Crippen LogP contribution >= 0.6 is 0 Å². The molecule has 4 nitrogen and oxygen atoms in total. The van der Waals surface area contributed by atoms with Crippen molar-refractivity contribution in [2.75, 3.05) is 11.4 Å². The van der Waals surface area contributed by atoms with Gasteiger partial charge in [0.25, 0.3) is 11.8 Å². The smallest absolute Gasteiger partial charge is 0.258 e. The van der Waals surface area contributed by atoms with Gasteiger partial charge < -0.3 is 10.2 Å². The SMILES string of the molecule is CC(C)(C)NC(=O)c1ccc(C(=O)N2CCCc3c(F)cc(F)cc32)cc1. The average molecular weight is 372 g/mol. The summed E-state index contributed by atoms with van der Waals surface area (Å²) in [5, 5.41) is 2.86. The number of hydrogen-bond donors (Lipinski definition) is 1. The molecule has 6 heteroatoms. The van der Waals surface area contributed by atoms with Crippen LogP contribution in [-0.2, 0) is 6.42 Å². The lowest BCUT2D eigenvalue weighted by atomic mass is 9.99. The van der Waals surface area contributed by atoms with E-state index in [1.165, 1.54) is 11.0 Å². The molecule has 0 aliphatic carbocycles. The molecular weight excluding hydrogens is 350 g/mol. The number of hydrogen-bond acceptors (Lipinski definition) is 2. The van der Waals surface area contributed by atoms with E-state index in [-0.39, 0.29) is 23.0 Å². The van der Waals surface area contributed by atoms with Crippen LogP contribution in [0.25, 0.3) is 0 Å². The van der Waals surface area contributed by atoms with E-state index in [0.717, 1.165) is 6.07 Å². The monoisotopic (exact) mass is 372 g/mol. The minimum absolute atomic E-state index is 0.228. The second-order valence-electron chi connectivity index (χ2n) is 7.73. The number of halogens is 2. The Morgan fingerprint density at radius 3 is 2.30 bits per heavy atom. The number of nitrogens with zero attached hydrogens (tertiary/aromatic N) is 1. The van der Waals surface area contributed by atoms with Crippen LogP contribution in [0.15, 0.2) is 36.4 Å². The molecule has 0 fully saturated rings. The summed E-state index contributed by atoms with van der Waals surface area (Å²) in [4.78, 5) is 26.5. The number of carbonyl (C=O) groups excluding carboxylic acids is 2. The van der Waals surface area contributed by atoms with Crippen LogP contribution in [0.4, 0.5) is 14.5 Å². The van der Waals surface area contributed by atoms with E-state index in [4.69, 9.17) is 0 Å². The topological polar surface area (TPSA) is 49.4 Å². The molecule has 1 aliphatic heterocycles. The number of amides is 2. The summed E-state index contributed by atoms with van der Waals surface area (Å²) in [6.07, 6.45) is 1.07. The first-order valence-corrected chi connectivity index (χ1v) is 8.88. The molecule has 3 rings (SSSR count). The van der Waals surface area contributed by atoms with Crippen LogP contribution in [0.5, 0.6) is 0 Å². The van der Waals surface area contributed by atoms with Gasteiger partial charge in [-0.15, -0.1) is 0 Å². The zero-order valence-corrected chi connectivity index (χ0v) is 15.6. The molecule has 0 spiro atoms. The second-order valence-corrected chi connectivity index (χ2v) is 7.73. The standard InChI is InChI=1S/C21H22F2N2O2/c1-21(2,3)24-19(26)13-6-8-14(9-7-13)20(27)25-10-4-5-16-17(23)11-15(22)12-18(16)25/h6-9,11-12H,4-5,10H2,1-3H3,(H,24,26). The molecule has 1 aliphatic rings. The van der Waals surface area contributed by atoms with Crippen molar-refractivity contribution in [1.29, 1.82) is 0 Å². The molecule has 0 bridgehead atoms. The Balaban J connectivity index is 1.85. The molecule has 0 saturated carbocycles. The van der Waals surface area contributed by atoms with Crippen LogP contribution in [-0.4, -0.2) is 23.9 Å². The highest BCUT2D eigenvalue weighted by molar-refractivity contribution is 6.07. The van der Waals surface area contributed by atoms with Gasteiger partial charge in [-0.05, 0) is 63.9 Å². The lowest BCUT2D eigenvalue weighted by molar-refractivity contribution is 0.0917. The third-order valence-corrected chi connectivity index (χ3v) is 4.36. The molecule has 27 heavy (non-hydrogen) atoms. The maximum absolute atomic E-state index is 14.0. The van der Waals surface area contributed by atoms with Crippen LogP contribution in [0.2, 0.25) is 0 Å². The van der Waals surface area contributed by atoms with Crippen molar-refractivity contribution in [3.05, 3.63) is 64.7 Å². The highest BCUT2D eigenvalue weighted by atomic mass is 19.1. The summed E-state index contributed by atoms with van der Waals surface area (Å²) in [7, 11) is 0. The predicted molar refractivity (Wildman–Crippen MR) is 100 cm³/mol. The summed E-state index contributed by atoms with van der Waals surface area (Å²) in [5.41, 5.74) is 1.07. The first-order valence-electron chi connectivity index (χ1n) is 8.88. The molecule has 1 N–H and O–H groups in total. The molecule has 0 unspecified atom stereocenters. The van der Waals surface area contributed by atoms with Crippen molar-refractivity contribution in [3.63, 3.8) is 0 Å². The highest BCUT2D eigenvalue weighted by Gasteiger charge is 2.26. The quantitative estimate of drug-likeness (QED) is 0.863. The number of nitrogens with one attached hydrogen (secondary N) is 1. The number of rotatable bonds is 2. The molecule has 0 radical (unpaired) electrons. The van der Waals surface area contributed by atoms with Crippen molar-refractivity contribution >= 4 is 17.5 Å². The van der Waals surface area contributed by atoms with E-state index in [0.29, 0.717) is 36.1 Å². The first-order chi connectivity index (χ1) is 12.7. The number of carbonyl (C=O) groups is 2. The molecule has 2 amide bonds. The lowest BCUT2D eigenvalue weighted by Crippen LogP contribution is -2.40. The Morgan fingerprint density at radius 1 is 1.04 bits per heavy atom. The number of anilines is 1. The van der Waals surface area contributed by atoms with Crippen molar-refractivity contribution in [3.8, 4) is 0 Å². The summed E-state index contributed by atoms with van der Waals surface area (Å²) in [5.74, 6) is -1.91. The minimum Gasteiger partial charge on any atom is -0.347 e. The van der Waals surface area contributed by atoms with Gasteiger partial charge in [-0.2, -0.15) is 0 Å². The lowest BCUT2D eigenvalue weighted by Gasteiger charge is -2.30. The molecule has 0 aromatic heterocycles. The highest BCUT2D eigenvalue weighted by Crippen LogP contribution is 2.31. The Kier molecular flexibility index (Phi) is 5.00. The molecule has 1 heterocycles. The summed E-state index contributed by atoms with van der Waals surface area (Å²) in [6, 6.07) is 8.31. The second kappa shape index (κ2) is 7.10. The van der Waals surface area contributed by atoms with Crippen LogP contribution in [0, 0.1) is 11.6 Å². The maximum atomic E-state index is 14.0. The Hall–Kier alpha value is -2.76. The molecule has 2 aromatic rings. The summed E-state index contributed by atoms with van der Waals surface area (Å²) >= 11 is 0. The average Bonchev–Trinajstić information content (AvgIpc) is 2.59. The maximum Gasteiger partial charge on any atom is 0.258 e. The van der Waals surface area contributed by atoms with Gasteiger partial charge in [0, 0.05) is 34.8 Å². The Labute approximate surface area is 157 Å². The summed E-state index contributed by atoms with van der Waals surface area (Å²) in [6.45, 7) is 6.04. The predicted octanol–water partition coefficient (Wildman–Crippen LogP) is 4.09. The van der Waals surface area contributed by atoms with Gasteiger partial charge in [0.1, 0.15) is 11.6 Å². The van der Waals surface area contributed by atoms with Gasteiger partial charge in [0.15, 0.2) is 0 Å². The van der Waals surface area contributed by atoms with E-state index in [1.54, 1.807) is 24.3 Å². The third-order valence-electron chi connectivity index (χ3n) is 4.36. The molecule has 2 aromatic carbocycles. The van der Waals surface area contributed by atoms with E-state index >= 15 is 0 Å². The van der Waals surface area contributed by atoms with Gasteiger partial charge in [-0.1, -0.05) is 0 Å². The number of fused-ring (bicyclic) bond motifs is 1. The van der Waals surface area contributed by atoms with Gasteiger partial charge >= 0.3 is 0 Å². The molecule has 0 atom stereocenters. The number of benzene rings is 2. The first kappa shape index (κ1) is 19.0. The molecule has 0 saturated heterocycles. The van der Waals surface area contributed by atoms with Crippen molar-refractivity contribution in [2.45, 2.75) is 39.2 Å². The molecule has 142 valence electrons. The van der Waals surface area contributed by atoms with Gasteiger partial charge in [-0.3, -0.25) is 9.59 Å². The van der Waals surface area contributed by atoms with Gasteiger partial charge in [-0.25, -0.2) is 8.78 Å². The van der Waals surface area contributed by atoms with E-state index in [2.05, 4.69) is 5.32 Å². The van der Waals surface area contributed by atoms with Crippen LogP contribution < -0.4 is 10.2 Å². The van der Waals surface area contributed by atoms with Crippen molar-refractivity contribution < 1.29 is 18.4 Å². The van der Waals surface area contributed by atoms with E-state index in [9.17, 15) is 18.4 Å². The fraction of sp³-hybridized carbons (Fsp3) is 0.333. The molecular formula is C21H22F2N2O2. The fourth-order valence-electron chi connectivity index (χ4n) is 3.16. The Morgan fingerprint density at radius 2 is 1.67 bits per heavy atom. The normalized spacial score (nSPS) is 13.9.